The van der Waals surface area contributed by atoms with Crippen LogP contribution in [0.15, 0.2) is 42.7 Å². The average Bonchev–Trinajstić information content (AvgIpc) is 3.44. The van der Waals surface area contributed by atoms with E-state index in [0.29, 0.717) is 5.82 Å². The maximum absolute atomic E-state index is 9.72. The minimum Gasteiger partial charge on any atom is -0.393 e. The molecule has 8 nitrogen and oxygen atoms in total. The van der Waals surface area contributed by atoms with Gasteiger partial charge in [-0.05, 0) is 61.1 Å². The van der Waals surface area contributed by atoms with Crippen LogP contribution < -0.4 is 10.6 Å². The zero-order valence-electron chi connectivity index (χ0n) is 16.9. The molecule has 0 radical (unpaired) electrons. The van der Waals surface area contributed by atoms with Gasteiger partial charge >= 0.3 is 0 Å². The van der Waals surface area contributed by atoms with Crippen molar-refractivity contribution in [3.8, 4) is 11.1 Å². The summed E-state index contributed by atoms with van der Waals surface area (Å²) in [4.78, 5) is 9.35. The van der Waals surface area contributed by atoms with Gasteiger partial charge in [0.1, 0.15) is 11.6 Å². The fourth-order valence-corrected chi connectivity index (χ4v) is 4.83. The number of hydrogen-bond acceptors (Lipinski definition) is 8. The third-order valence-corrected chi connectivity index (χ3v) is 6.51. The van der Waals surface area contributed by atoms with Crippen LogP contribution in [0.3, 0.4) is 0 Å². The molecule has 1 aromatic carbocycles. The van der Waals surface area contributed by atoms with Gasteiger partial charge in [-0.3, -0.25) is 5.10 Å². The lowest BCUT2D eigenvalue weighted by Crippen LogP contribution is -2.28. The number of nitrogens with zero attached hydrogens (tertiary/aromatic N) is 3. The van der Waals surface area contributed by atoms with Gasteiger partial charge in [0.2, 0.25) is 0 Å². The third kappa shape index (κ3) is 4.53. The number of aromatic amines is 1. The van der Waals surface area contributed by atoms with Gasteiger partial charge in [-0.25, -0.2) is 9.97 Å². The second-order valence-electron chi connectivity index (χ2n) is 7.87. The minimum atomic E-state index is -0.194. The zero-order chi connectivity index (χ0) is 21.2. The summed E-state index contributed by atoms with van der Waals surface area (Å²) in [5.41, 5.74) is 3.81. The van der Waals surface area contributed by atoms with Crippen LogP contribution in [0.1, 0.15) is 31.2 Å². The van der Waals surface area contributed by atoms with Gasteiger partial charge < -0.3 is 20.8 Å². The Labute approximate surface area is 183 Å². The summed E-state index contributed by atoms with van der Waals surface area (Å²) in [5.74, 6) is 1.36. The molecular formula is C22H24N6O2S. The number of rotatable bonds is 6. The monoisotopic (exact) mass is 436 g/mol. The van der Waals surface area contributed by atoms with Gasteiger partial charge in [-0.2, -0.15) is 5.10 Å². The van der Waals surface area contributed by atoms with E-state index in [-0.39, 0.29) is 18.8 Å². The number of H-pyrrole nitrogens is 1. The zero-order valence-corrected chi connectivity index (χ0v) is 17.7. The number of aliphatic hydroxyl groups excluding tert-OH is 2. The Balaban J connectivity index is 1.36. The molecule has 3 aromatic heterocycles. The quantitative estimate of drug-likeness (QED) is 0.310. The fourth-order valence-electron chi connectivity index (χ4n) is 3.92. The van der Waals surface area contributed by atoms with E-state index in [9.17, 15) is 10.2 Å². The van der Waals surface area contributed by atoms with Crippen LogP contribution in [-0.4, -0.2) is 42.5 Å². The highest BCUT2D eigenvalue weighted by molar-refractivity contribution is 7.22. The topological polar surface area (TPSA) is 119 Å². The molecule has 31 heavy (non-hydrogen) atoms. The first kappa shape index (κ1) is 19.9. The molecular weight excluding hydrogens is 412 g/mol. The lowest BCUT2D eigenvalue weighted by molar-refractivity contribution is 0.126. The molecule has 5 N–H and O–H groups in total. The molecule has 0 amide bonds. The van der Waals surface area contributed by atoms with Crippen LogP contribution in [0.4, 0.5) is 16.8 Å². The molecule has 0 atom stereocenters. The summed E-state index contributed by atoms with van der Waals surface area (Å²) in [6.07, 6.45) is 6.89. The van der Waals surface area contributed by atoms with Gasteiger partial charge in [0, 0.05) is 17.8 Å². The summed E-state index contributed by atoms with van der Waals surface area (Å²) in [6, 6.07) is 10.1. The Morgan fingerprint density at radius 1 is 1.03 bits per heavy atom. The second kappa shape index (κ2) is 8.62. The van der Waals surface area contributed by atoms with E-state index in [4.69, 9.17) is 0 Å². The molecule has 1 aliphatic rings. The third-order valence-electron chi connectivity index (χ3n) is 5.57. The Morgan fingerprint density at radius 2 is 1.87 bits per heavy atom. The van der Waals surface area contributed by atoms with Crippen LogP contribution in [0.2, 0.25) is 0 Å². The maximum atomic E-state index is 9.72. The van der Waals surface area contributed by atoms with E-state index in [0.717, 1.165) is 63.5 Å². The number of pyridine rings is 1. The van der Waals surface area contributed by atoms with Crippen molar-refractivity contribution >= 4 is 38.3 Å². The first-order valence-corrected chi connectivity index (χ1v) is 11.2. The van der Waals surface area contributed by atoms with Crippen LogP contribution in [0.25, 0.3) is 21.3 Å². The van der Waals surface area contributed by atoms with Crippen molar-refractivity contribution in [3.63, 3.8) is 0 Å². The van der Waals surface area contributed by atoms with Crippen molar-refractivity contribution in [3.05, 3.63) is 48.3 Å². The normalized spacial score (nSPS) is 18.9. The molecule has 9 heteroatoms. The van der Waals surface area contributed by atoms with E-state index >= 15 is 0 Å². The molecule has 0 saturated heterocycles. The number of benzene rings is 1. The molecule has 160 valence electrons. The fraction of sp³-hybridized carbons (Fsp3) is 0.318. The van der Waals surface area contributed by atoms with E-state index in [2.05, 4.69) is 36.9 Å². The highest BCUT2D eigenvalue weighted by Gasteiger charge is 2.20. The summed E-state index contributed by atoms with van der Waals surface area (Å²) in [5, 5.41) is 33.8. The molecule has 0 unspecified atom stereocenters. The van der Waals surface area contributed by atoms with Gasteiger partial charge in [-0.1, -0.05) is 17.4 Å². The number of aromatic nitrogens is 4. The van der Waals surface area contributed by atoms with Crippen molar-refractivity contribution < 1.29 is 10.2 Å². The number of fused-ring (bicyclic) bond motifs is 1. The Kier molecular flexibility index (Phi) is 5.54. The van der Waals surface area contributed by atoms with Crippen molar-refractivity contribution in [2.24, 2.45) is 0 Å². The lowest BCUT2D eigenvalue weighted by atomic mass is 9.93. The van der Waals surface area contributed by atoms with Crippen LogP contribution >= 0.6 is 11.3 Å². The Hall–Kier alpha value is -3.01. The van der Waals surface area contributed by atoms with Crippen molar-refractivity contribution in [1.29, 1.82) is 0 Å². The molecule has 1 fully saturated rings. The summed E-state index contributed by atoms with van der Waals surface area (Å²) in [7, 11) is 0. The largest absolute Gasteiger partial charge is 0.393 e. The first-order chi connectivity index (χ1) is 15.2. The van der Waals surface area contributed by atoms with Crippen molar-refractivity contribution in [2.45, 2.75) is 44.4 Å². The molecule has 1 aliphatic carbocycles. The van der Waals surface area contributed by atoms with E-state index < -0.39 is 0 Å². The standard InChI is InChI=1S/C22H24N6O2S/c29-12-13-7-20(25-16-2-4-17(30)5-3-16)27-21(8-13)28-22-26-18-6-1-14(9-19(18)31-22)15-10-23-24-11-15/h1,6-11,16-17,29-30H,2-5,12H2,(H,23,24)(H2,25,26,27,28). The van der Waals surface area contributed by atoms with E-state index in [1.807, 2.05) is 30.5 Å². The molecule has 0 spiro atoms. The van der Waals surface area contributed by atoms with Gasteiger partial charge in [-0.15, -0.1) is 0 Å². The van der Waals surface area contributed by atoms with Crippen molar-refractivity contribution in [2.75, 3.05) is 10.6 Å². The predicted octanol–water partition coefficient (Wildman–Crippen LogP) is 4.03. The second-order valence-corrected chi connectivity index (χ2v) is 8.90. The number of aliphatic hydroxyl groups is 2. The van der Waals surface area contributed by atoms with Crippen LogP contribution in [0, 0.1) is 0 Å². The number of hydrogen-bond donors (Lipinski definition) is 5. The number of nitrogens with one attached hydrogen (secondary N) is 3. The van der Waals surface area contributed by atoms with Crippen LogP contribution in [0.5, 0.6) is 0 Å². The molecule has 5 rings (SSSR count). The minimum absolute atomic E-state index is 0.0663. The summed E-state index contributed by atoms with van der Waals surface area (Å²) < 4.78 is 1.07. The summed E-state index contributed by atoms with van der Waals surface area (Å²) >= 11 is 1.56. The Morgan fingerprint density at radius 3 is 2.65 bits per heavy atom. The number of thiazole rings is 1. The summed E-state index contributed by atoms with van der Waals surface area (Å²) in [6.45, 7) is -0.0663. The number of anilines is 3. The first-order valence-electron chi connectivity index (χ1n) is 10.4. The molecule has 0 aliphatic heterocycles. The molecule has 4 aromatic rings. The van der Waals surface area contributed by atoms with Crippen molar-refractivity contribution in [1.82, 2.24) is 20.2 Å². The smallest absolute Gasteiger partial charge is 0.189 e. The van der Waals surface area contributed by atoms with E-state index in [1.54, 1.807) is 17.5 Å². The van der Waals surface area contributed by atoms with Gasteiger partial charge in [0.25, 0.3) is 0 Å². The SMILES string of the molecule is OCc1cc(Nc2nc3ccc(-c4cn[nH]c4)cc3s2)nc(NC2CCC(O)CC2)c1. The van der Waals surface area contributed by atoms with E-state index in [1.165, 1.54) is 0 Å². The molecule has 1 saturated carbocycles. The van der Waals surface area contributed by atoms with Crippen LogP contribution in [-0.2, 0) is 6.61 Å². The highest BCUT2D eigenvalue weighted by Crippen LogP contribution is 2.32. The predicted molar refractivity (Wildman–Crippen MR) is 123 cm³/mol. The molecule has 0 bridgehead atoms. The van der Waals surface area contributed by atoms with Gasteiger partial charge in [0.15, 0.2) is 5.13 Å². The Bertz CT molecular complexity index is 1170. The highest BCUT2D eigenvalue weighted by atomic mass is 32.1. The molecule has 3 heterocycles. The average molecular weight is 437 g/mol. The maximum Gasteiger partial charge on any atom is 0.189 e. The van der Waals surface area contributed by atoms with Gasteiger partial charge in [0.05, 0.1) is 29.1 Å². The lowest BCUT2D eigenvalue weighted by Gasteiger charge is -2.26.